The molecule has 8 heteroatoms. The highest BCUT2D eigenvalue weighted by Crippen LogP contribution is 2.30. The second-order valence-electron chi connectivity index (χ2n) is 4.71. The Labute approximate surface area is 122 Å². The van der Waals surface area contributed by atoms with Gasteiger partial charge in [0.05, 0.1) is 5.69 Å². The van der Waals surface area contributed by atoms with E-state index in [1.807, 2.05) is 6.92 Å². The van der Waals surface area contributed by atoms with Crippen LogP contribution in [-0.4, -0.2) is 31.0 Å². The molecule has 0 atom stereocenters. The topological polar surface area (TPSA) is 90.0 Å². The van der Waals surface area contributed by atoms with E-state index < -0.39 is 9.84 Å². The van der Waals surface area contributed by atoms with E-state index in [1.165, 1.54) is 22.9 Å². The quantitative estimate of drug-likeness (QED) is 0.897. The molecule has 0 bridgehead atoms. The summed E-state index contributed by atoms with van der Waals surface area (Å²) in [6.45, 7) is 4.03. The number of anilines is 2. The van der Waals surface area contributed by atoms with Crippen LogP contribution in [0.15, 0.2) is 23.1 Å². The summed E-state index contributed by atoms with van der Waals surface area (Å²) in [5.41, 5.74) is 7.08. The van der Waals surface area contributed by atoms with Crippen LogP contribution >= 0.6 is 0 Å². The van der Waals surface area contributed by atoms with E-state index >= 15 is 0 Å². The molecule has 0 aliphatic heterocycles. The van der Waals surface area contributed by atoms with Gasteiger partial charge in [-0.25, -0.2) is 17.5 Å². The first kappa shape index (κ1) is 15.3. The number of rotatable bonds is 4. The number of sulfone groups is 1. The molecule has 0 aliphatic rings. The SMILES string of the molecule is CCNc1nn(-c2ccc(F)cc2C)c(N)c1S(C)(=O)=O. The summed E-state index contributed by atoms with van der Waals surface area (Å²) < 4.78 is 38.3. The van der Waals surface area contributed by atoms with Crippen molar-refractivity contribution in [3.63, 3.8) is 0 Å². The van der Waals surface area contributed by atoms with Crippen molar-refractivity contribution < 1.29 is 12.8 Å². The standard InChI is InChI=1S/C13H17FN4O2S/c1-4-16-13-11(21(3,19)20)12(15)18(17-13)10-6-5-9(14)7-8(10)2/h5-7H,4,15H2,1-3H3,(H,16,17). The average Bonchev–Trinajstić information content (AvgIpc) is 2.66. The Morgan fingerprint density at radius 1 is 1.43 bits per heavy atom. The van der Waals surface area contributed by atoms with Crippen molar-refractivity contribution in [2.45, 2.75) is 18.7 Å². The maximum Gasteiger partial charge on any atom is 0.182 e. The van der Waals surface area contributed by atoms with E-state index in [-0.39, 0.29) is 22.3 Å². The van der Waals surface area contributed by atoms with E-state index in [9.17, 15) is 12.8 Å². The fourth-order valence-electron chi connectivity index (χ4n) is 2.11. The smallest absolute Gasteiger partial charge is 0.182 e. The summed E-state index contributed by atoms with van der Waals surface area (Å²) in [6.07, 6.45) is 1.07. The third-order valence-corrected chi connectivity index (χ3v) is 4.12. The highest BCUT2D eigenvalue weighted by Gasteiger charge is 2.25. The summed E-state index contributed by atoms with van der Waals surface area (Å²) in [7, 11) is -3.54. The van der Waals surface area contributed by atoms with E-state index in [0.29, 0.717) is 17.8 Å². The molecule has 0 unspecified atom stereocenters. The Morgan fingerprint density at radius 2 is 2.10 bits per heavy atom. The van der Waals surface area contributed by atoms with Crippen LogP contribution in [0, 0.1) is 12.7 Å². The molecular weight excluding hydrogens is 295 g/mol. The van der Waals surface area contributed by atoms with Gasteiger partial charge < -0.3 is 11.1 Å². The summed E-state index contributed by atoms with van der Waals surface area (Å²) >= 11 is 0. The van der Waals surface area contributed by atoms with Crippen molar-refractivity contribution in [1.82, 2.24) is 9.78 Å². The van der Waals surface area contributed by atoms with Crippen LogP contribution in [0.3, 0.4) is 0 Å². The van der Waals surface area contributed by atoms with Crippen LogP contribution in [0.4, 0.5) is 16.0 Å². The number of hydrogen-bond acceptors (Lipinski definition) is 5. The van der Waals surface area contributed by atoms with Gasteiger partial charge in [0.25, 0.3) is 0 Å². The molecule has 6 nitrogen and oxygen atoms in total. The number of nitrogens with one attached hydrogen (secondary N) is 1. The van der Waals surface area contributed by atoms with Gasteiger partial charge in [0.2, 0.25) is 0 Å². The number of nitrogens with zero attached hydrogens (tertiary/aromatic N) is 2. The minimum Gasteiger partial charge on any atom is -0.382 e. The highest BCUT2D eigenvalue weighted by atomic mass is 32.2. The van der Waals surface area contributed by atoms with Crippen molar-refractivity contribution in [3.05, 3.63) is 29.6 Å². The molecule has 2 aromatic rings. The predicted octanol–water partition coefficient (Wildman–Crippen LogP) is 1.74. The van der Waals surface area contributed by atoms with Crippen LogP contribution in [0.1, 0.15) is 12.5 Å². The van der Waals surface area contributed by atoms with Crippen molar-refractivity contribution in [3.8, 4) is 5.69 Å². The van der Waals surface area contributed by atoms with Gasteiger partial charge in [0.1, 0.15) is 11.6 Å². The maximum absolute atomic E-state index is 13.2. The molecule has 1 aromatic carbocycles. The van der Waals surface area contributed by atoms with Crippen molar-refractivity contribution in [2.24, 2.45) is 0 Å². The molecule has 0 saturated carbocycles. The number of nitrogens with two attached hydrogens (primary N) is 1. The normalized spacial score (nSPS) is 11.6. The first-order valence-corrected chi connectivity index (χ1v) is 8.23. The number of aryl methyl sites for hydroxylation is 1. The molecule has 114 valence electrons. The molecule has 21 heavy (non-hydrogen) atoms. The lowest BCUT2D eigenvalue weighted by Crippen LogP contribution is -2.07. The summed E-state index contributed by atoms with van der Waals surface area (Å²) in [4.78, 5) is -0.0481. The first-order chi connectivity index (χ1) is 9.75. The summed E-state index contributed by atoms with van der Waals surface area (Å²) in [5, 5.41) is 7.08. The van der Waals surface area contributed by atoms with E-state index in [4.69, 9.17) is 5.73 Å². The molecule has 3 N–H and O–H groups in total. The summed E-state index contributed by atoms with van der Waals surface area (Å²) in [5.74, 6) is -0.179. The third kappa shape index (κ3) is 2.85. The first-order valence-electron chi connectivity index (χ1n) is 6.34. The monoisotopic (exact) mass is 312 g/mol. The molecule has 0 fully saturated rings. The average molecular weight is 312 g/mol. The Morgan fingerprint density at radius 3 is 2.62 bits per heavy atom. The lowest BCUT2D eigenvalue weighted by atomic mass is 10.2. The molecule has 0 spiro atoms. The molecule has 1 aromatic heterocycles. The van der Waals surface area contributed by atoms with Gasteiger partial charge in [0.15, 0.2) is 20.6 Å². The van der Waals surface area contributed by atoms with Gasteiger partial charge in [-0.3, -0.25) is 0 Å². The van der Waals surface area contributed by atoms with Crippen LogP contribution in [-0.2, 0) is 9.84 Å². The molecule has 2 rings (SSSR count). The molecule has 0 aliphatic carbocycles. The van der Waals surface area contributed by atoms with Crippen LogP contribution < -0.4 is 11.1 Å². The second-order valence-corrected chi connectivity index (χ2v) is 6.66. The molecular formula is C13H17FN4O2S. The maximum atomic E-state index is 13.2. The van der Waals surface area contributed by atoms with Gasteiger partial charge >= 0.3 is 0 Å². The van der Waals surface area contributed by atoms with Gasteiger partial charge in [0, 0.05) is 12.8 Å². The Bertz CT molecular complexity index is 784. The van der Waals surface area contributed by atoms with Gasteiger partial charge in [-0.1, -0.05) is 0 Å². The molecule has 1 heterocycles. The number of benzene rings is 1. The minimum absolute atomic E-state index is 0.00292. The molecule has 0 amide bonds. The Balaban J connectivity index is 2.71. The highest BCUT2D eigenvalue weighted by molar-refractivity contribution is 7.91. The predicted molar refractivity (Wildman–Crippen MR) is 79.9 cm³/mol. The number of nitrogen functional groups attached to an aromatic ring is 1. The van der Waals surface area contributed by atoms with Crippen molar-refractivity contribution in [2.75, 3.05) is 23.9 Å². The summed E-state index contributed by atoms with van der Waals surface area (Å²) in [6, 6.07) is 4.12. The van der Waals surface area contributed by atoms with E-state index in [0.717, 1.165) is 6.26 Å². The van der Waals surface area contributed by atoms with Gasteiger partial charge in [-0.15, -0.1) is 5.10 Å². The number of hydrogen-bond donors (Lipinski definition) is 2. The Kier molecular flexibility index (Phi) is 3.91. The fourth-order valence-corrected chi connectivity index (χ4v) is 3.04. The largest absolute Gasteiger partial charge is 0.382 e. The zero-order chi connectivity index (χ0) is 15.8. The van der Waals surface area contributed by atoms with Crippen LogP contribution in [0.5, 0.6) is 0 Å². The van der Waals surface area contributed by atoms with E-state index in [2.05, 4.69) is 10.4 Å². The number of halogens is 1. The zero-order valence-corrected chi connectivity index (χ0v) is 12.8. The number of aromatic nitrogens is 2. The lowest BCUT2D eigenvalue weighted by Gasteiger charge is -2.07. The second kappa shape index (κ2) is 5.36. The third-order valence-electron chi connectivity index (χ3n) is 2.98. The van der Waals surface area contributed by atoms with Gasteiger partial charge in [-0.05, 0) is 37.6 Å². The lowest BCUT2D eigenvalue weighted by molar-refractivity contribution is 0.602. The van der Waals surface area contributed by atoms with Crippen LogP contribution in [0.2, 0.25) is 0 Å². The van der Waals surface area contributed by atoms with E-state index in [1.54, 1.807) is 6.92 Å². The molecule has 0 radical (unpaired) electrons. The zero-order valence-electron chi connectivity index (χ0n) is 12.0. The van der Waals surface area contributed by atoms with Crippen LogP contribution in [0.25, 0.3) is 5.69 Å². The Hall–Kier alpha value is -2.09. The molecule has 0 saturated heterocycles. The minimum atomic E-state index is -3.54. The van der Waals surface area contributed by atoms with Crippen molar-refractivity contribution >= 4 is 21.5 Å². The van der Waals surface area contributed by atoms with Gasteiger partial charge in [-0.2, -0.15) is 0 Å². The van der Waals surface area contributed by atoms with Crippen molar-refractivity contribution in [1.29, 1.82) is 0 Å². The fraction of sp³-hybridized carbons (Fsp3) is 0.308.